The van der Waals surface area contributed by atoms with Gasteiger partial charge >= 0.3 is 0 Å². The molecule has 0 saturated carbocycles. The van der Waals surface area contributed by atoms with Gasteiger partial charge in [-0.05, 0) is 38.8 Å². The number of aryl methyl sites for hydroxylation is 2. The molecule has 0 radical (unpaired) electrons. The molecule has 1 aliphatic rings. The monoisotopic (exact) mass is 321 g/mol. The average molecular weight is 321 g/mol. The van der Waals surface area contributed by atoms with Gasteiger partial charge in [-0.3, -0.25) is 0 Å². The lowest BCUT2D eigenvalue weighted by atomic mass is 10.1. The molecule has 1 atom stereocenters. The van der Waals surface area contributed by atoms with Crippen molar-refractivity contribution in [2.75, 3.05) is 11.4 Å². The maximum Gasteiger partial charge on any atom is 0.156 e. The number of H-pyrrole nitrogens is 1. The van der Waals surface area contributed by atoms with Gasteiger partial charge in [0.05, 0.1) is 11.7 Å². The molecule has 1 aliphatic heterocycles. The van der Waals surface area contributed by atoms with E-state index in [1.807, 2.05) is 32.2 Å². The van der Waals surface area contributed by atoms with Crippen molar-refractivity contribution in [2.24, 2.45) is 0 Å². The van der Waals surface area contributed by atoms with Crippen molar-refractivity contribution >= 4 is 5.82 Å². The van der Waals surface area contributed by atoms with Crippen LogP contribution in [0.5, 0.6) is 0 Å². The zero-order valence-corrected chi connectivity index (χ0v) is 13.8. The van der Waals surface area contributed by atoms with Crippen molar-refractivity contribution in [2.45, 2.75) is 32.7 Å². The van der Waals surface area contributed by atoms with Gasteiger partial charge in [0.15, 0.2) is 5.82 Å². The minimum Gasteiger partial charge on any atom is -0.348 e. The molecule has 24 heavy (non-hydrogen) atoms. The van der Waals surface area contributed by atoms with E-state index in [0.29, 0.717) is 0 Å². The highest BCUT2D eigenvalue weighted by molar-refractivity contribution is 5.51. The Labute approximate surface area is 140 Å². The van der Waals surface area contributed by atoms with Gasteiger partial charge in [0, 0.05) is 25.1 Å². The Hall–Kier alpha value is -2.83. The number of nitrogens with zero attached hydrogens (tertiary/aromatic N) is 6. The van der Waals surface area contributed by atoms with Gasteiger partial charge in [-0.1, -0.05) is 0 Å². The van der Waals surface area contributed by atoms with Crippen molar-refractivity contribution in [1.29, 1.82) is 0 Å². The summed E-state index contributed by atoms with van der Waals surface area (Å²) < 4.78 is 0. The summed E-state index contributed by atoms with van der Waals surface area (Å²) in [6.07, 6.45) is 7.52. The molecule has 7 nitrogen and oxygen atoms in total. The summed E-state index contributed by atoms with van der Waals surface area (Å²) in [7, 11) is 0. The van der Waals surface area contributed by atoms with Gasteiger partial charge in [0.1, 0.15) is 23.2 Å². The molecule has 0 amide bonds. The third-order valence-electron chi connectivity index (χ3n) is 4.25. The normalized spacial score (nSPS) is 17.4. The number of imidazole rings is 1. The molecule has 1 N–H and O–H groups in total. The second-order valence-corrected chi connectivity index (χ2v) is 5.98. The number of hydrogen-bond donors (Lipinski definition) is 1. The van der Waals surface area contributed by atoms with Crippen LogP contribution in [0.1, 0.15) is 36.2 Å². The van der Waals surface area contributed by atoms with Gasteiger partial charge in [-0.2, -0.15) is 0 Å². The summed E-state index contributed by atoms with van der Waals surface area (Å²) in [4.78, 5) is 27.7. The van der Waals surface area contributed by atoms with Gasteiger partial charge in [-0.15, -0.1) is 0 Å². The Morgan fingerprint density at radius 3 is 2.79 bits per heavy atom. The number of rotatable bonds is 3. The zero-order chi connectivity index (χ0) is 16.5. The molecule has 0 aromatic carbocycles. The van der Waals surface area contributed by atoms with E-state index in [4.69, 9.17) is 0 Å². The molecule has 1 saturated heterocycles. The van der Waals surface area contributed by atoms with Crippen LogP contribution in [0, 0.1) is 13.8 Å². The summed E-state index contributed by atoms with van der Waals surface area (Å²) in [5, 5.41) is 0. The van der Waals surface area contributed by atoms with Crippen molar-refractivity contribution in [3.8, 4) is 11.5 Å². The minimum absolute atomic E-state index is 0.203. The van der Waals surface area contributed by atoms with E-state index in [2.05, 4.69) is 34.8 Å². The summed E-state index contributed by atoms with van der Waals surface area (Å²) in [6, 6.07) is 4.20. The number of anilines is 1. The summed E-state index contributed by atoms with van der Waals surface area (Å²) in [5.41, 5.74) is 1.84. The molecule has 0 aliphatic carbocycles. The highest BCUT2D eigenvalue weighted by Gasteiger charge is 2.29. The highest BCUT2D eigenvalue weighted by atomic mass is 15.2. The first kappa shape index (κ1) is 14.7. The summed E-state index contributed by atoms with van der Waals surface area (Å²) in [5.74, 6) is 3.27. The molecule has 0 bridgehead atoms. The number of aromatic amines is 1. The highest BCUT2D eigenvalue weighted by Crippen LogP contribution is 2.35. The molecule has 3 aromatic rings. The molecule has 0 spiro atoms. The average Bonchev–Trinajstić information content (AvgIpc) is 3.26. The molecule has 3 aromatic heterocycles. The summed E-state index contributed by atoms with van der Waals surface area (Å²) >= 11 is 0. The molecular formula is C17H19N7. The fourth-order valence-electron chi connectivity index (χ4n) is 3.24. The van der Waals surface area contributed by atoms with E-state index in [9.17, 15) is 0 Å². The van der Waals surface area contributed by atoms with Gasteiger partial charge in [0.2, 0.25) is 0 Å². The topological polar surface area (TPSA) is 83.5 Å². The third kappa shape index (κ3) is 2.73. The predicted molar refractivity (Wildman–Crippen MR) is 90.4 cm³/mol. The Morgan fingerprint density at radius 1 is 1.08 bits per heavy atom. The predicted octanol–water partition coefficient (Wildman–Crippen LogP) is 2.62. The van der Waals surface area contributed by atoms with Crippen LogP contribution in [0.2, 0.25) is 0 Å². The molecule has 7 heteroatoms. The number of nitrogens with one attached hydrogen (secondary N) is 1. The van der Waals surface area contributed by atoms with Gasteiger partial charge in [0.25, 0.3) is 0 Å². The quantitative estimate of drug-likeness (QED) is 0.798. The van der Waals surface area contributed by atoms with Gasteiger partial charge < -0.3 is 9.88 Å². The molecular weight excluding hydrogens is 302 g/mol. The van der Waals surface area contributed by atoms with Crippen LogP contribution >= 0.6 is 0 Å². The van der Waals surface area contributed by atoms with Crippen LogP contribution in [0.4, 0.5) is 5.82 Å². The first-order chi connectivity index (χ1) is 11.7. The van der Waals surface area contributed by atoms with Crippen molar-refractivity contribution in [3.63, 3.8) is 0 Å². The smallest absolute Gasteiger partial charge is 0.156 e. The van der Waals surface area contributed by atoms with Crippen LogP contribution in [-0.2, 0) is 0 Å². The standard InChI is InChI=1S/C17H19N7/c1-11-18-6-5-16(23-11)24-9-3-4-15(24)13-10-14(22-12(2)21-13)17-19-7-8-20-17/h5-8,10,15H,3-4,9H2,1-2H3,(H,19,20)/t15-/m0/s1. The van der Waals surface area contributed by atoms with Crippen LogP contribution in [-0.4, -0.2) is 36.4 Å². The lowest BCUT2D eigenvalue weighted by Crippen LogP contribution is -2.25. The largest absolute Gasteiger partial charge is 0.348 e. The van der Waals surface area contributed by atoms with E-state index >= 15 is 0 Å². The molecule has 122 valence electrons. The molecule has 4 rings (SSSR count). The maximum absolute atomic E-state index is 4.69. The second kappa shape index (κ2) is 5.99. The van der Waals surface area contributed by atoms with Crippen LogP contribution in [0.3, 0.4) is 0 Å². The first-order valence-electron chi connectivity index (χ1n) is 8.12. The van der Waals surface area contributed by atoms with Crippen LogP contribution < -0.4 is 4.90 Å². The fourth-order valence-corrected chi connectivity index (χ4v) is 3.24. The maximum atomic E-state index is 4.69. The van der Waals surface area contributed by atoms with Crippen molar-refractivity contribution < 1.29 is 0 Å². The number of aromatic nitrogens is 6. The van der Waals surface area contributed by atoms with Crippen molar-refractivity contribution in [3.05, 3.63) is 48.1 Å². The van der Waals surface area contributed by atoms with E-state index in [1.165, 1.54) is 0 Å². The third-order valence-corrected chi connectivity index (χ3v) is 4.25. The summed E-state index contributed by atoms with van der Waals surface area (Å²) in [6.45, 7) is 4.81. The lowest BCUT2D eigenvalue weighted by molar-refractivity contribution is 0.678. The molecule has 1 fully saturated rings. The van der Waals surface area contributed by atoms with Gasteiger partial charge in [-0.25, -0.2) is 24.9 Å². The SMILES string of the molecule is Cc1nc(-c2ncc[nH]2)cc([C@@H]2CCCN2c2ccnc(C)n2)n1. The van der Waals surface area contributed by atoms with E-state index in [0.717, 1.165) is 54.1 Å². The first-order valence-corrected chi connectivity index (χ1v) is 8.12. The minimum atomic E-state index is 0.203. The Bertz CT molecular complexity index is 844. The van der Waals surface area contributed by atoms with Crippen LogP contribution in [0.25, 0.3) is 11.5 Å². The Kier molecular flexibility index (Phi) is 3.68. The lowest BCUT2D eigenvalue weighted by Gasteiger charge is -2.25. The van der Waals surface area contributed by atoms with E-state index in [-0.39, 0.29) is 6.04 Å². The van der Waals surface area contributed by atoms with E-state index in [1.54, 1.807) is 12.4 Å². The molecule has 0 unspecified atom stereocenters. The Balaban J connectivity index is 1.72. The zero-order valence-electron chi connectivity index (χ0n) is 13.8. The number of hydrogen-bond acceptors (Lipinski definition) is 6. The van der Waals surface area contributed by atoms with Crippen LogP contribution in [0.15, 0.2) is 30.7 Å². The van der Waals surface area contributed by atoms with Crippen molar-refractivity contribution in [1.82, 2.24) is 29.9 Å². The van der Waals surface area contributed by atoms with E-state index < -0.39 is 0 Å². The Morgan fingerprint density at radius 2 is 2.00 bits per heavy atom. The fraction of sp³-hybridized carbons (Fsp3) is 0.353. The molecule has 4 heterocycles. The second-order valence-electron chi connectivity index (χ2n) is 5.98.